The van der Waals surface area contributed by atoms with Crippen LogP contribution < -0.4 is 0 Å². The summed E-state index contributed by atoms with van der Waals surface area (Å²) in [7, 11) is 0. The minimum atomic E-state index is -1.10. The molecule has 0 aliphatic carbocycles. The Labute approximate surface area is 139 Å². The van der Waals surface area contributed by atoms with E-state index in [2.05, 4.69) is 4.98 Å². The molecule has 0 saturated carbocycles. The van der Waals surface area contributed by atoms with Gasteiger partial charge in [-0.15, -0.1) is 0 Å². The van der Waals surface area contributed by atoms with Gasteiger partial charge in [-0.25, -0.2) is 9.18 Å². The molecule has 0 aliphatic heterocycles. The lowest BCUT2D eigenvalue weighted by Crippen LogP contribution is -2.34. The zero-order valence-corrected chi connectivity index (χ0v) is 13.6. The van der Waals surface area contributed by atoms with Crippen LogP contribution in [0.5, 0.6) is 0 Å². The normalized spacial score (nSPS) is 10.7. The van der Waals surface area contributed by atoms with Gasteiger partial charge in [-0.2, -0.15) is 0 Å². The molecule has 2 rings (SSSR count). The first-order valence-corrected chi connectivity index (χ1v) is 7.60. The molecule has 1 amide bonds. The summed E-state index contributed by atoms with van der Waals surface area (Å²) in [4.78, 5) is 29.0. The molecule has 1 aromatic carbocycles. The van der Waals surface area contributed by atoms with E-state index in [1.165, 1.54) is 23.1 Å². The lowest BCUT2D eigenvalue weighted by atomic mass is 10.1. The van der Waals surface area contributed by atoms with Gasteiger partial charge in [0.25, 0.3) is 5.91 Å². The third kappa shape index (κ3) is 4.38. The Morgan fingerprint density at radius 1 is 1.21 bits per heavy atom. The maximum absolute atomic E-state index is 13.9. The van der Waals surface area contributed by atoms with Crippen molar-refractivity contribution >= 4 is 11.9 Å². The molecule has 0 saturated heterocycles. The molecule has 0 unspecified atom stereocenters. The largest absolute Gasteiger partial charge is 0.478 e. The number of pyridine rings is 1. The maximum Gasteiger partial charge on any atom is 0.337 e. The van der Waals surface area contributed by atoms with Crippen molar-refractivity contribution in [3.05, 3.63) is 65.2 Å². The molecule has 1 N–H and O–H groups in total. The minimum absolute atomic E-state index is 0.0102. The number of aromatic nitrogens is 1. The second-order valence-electron chi connectivity index (χ2n) is 5.91. The molecular formula is C18H19FN2O3. The molecule has 2 aromatic rings. The van der Waals surface area contributed by atoms with E-state index in [0.717, 1.165) is 6.20 Å². The molecule has 6 heteroatoms. The quantitative estimate of drug-likeness (QED) is 0.883. The van der Waals surface area contributed by atoms with Crippen LogP contribution in [0.2, 0.25) is 0 Å². The Balaban J connectivity index is 2.24. The number of hydrogen-bond acceptors (Lipinski definition) is 3. The predicted molar refractivity (Wildman–Crippen MR) is 87.2 cm³/mol. The molecule has 1 heterocycles. The standard InChI is InChI=1S/C18H19FN2O3/c1-12(2)10-21(11-14-5-3-4-6-15(14)19)17(22)16-8-7-13(9-20-16)18(23)24/h3-9,12H,10-11H2,1-2H3,(H,23,24). The van der Waals surface area contributed by atoms with Gasteiger partial charge in [0.2, 0.25) is 0 Å². The first-order valence-electron chi connectivity index (χ1n) is 7.60. The lowest BCUT2D eigenvalue weighted by Gasteiger charge is -2.24. The number of rotatable bonds is 6. The van der Waals surface area contributed by atoms with Gasteiger partial charge in [0, 0.05) is 24.8 Å². The van der Waals surface area contributed by atoms with Crippen molar-refractivity contribution < 1.29 is 19.1 Å². The lowest BCUT2D eigenvalue weighted by molar-refractivity contribution is 0.0688. The Kier molecular flexibility index (Phi) is 5.63. The summed E-state index contributed by atoms with van der Waals surface area (Å²) in [5.74, 6) is -1.64. The van der Waals surface area contributed by atoms with Gasteiger partial charge in [0.15, 0.2) is 0 Å². The van der Waals surface area contributed by atoms with Crippen LogP contribution in [0.1, 0.15) is 40.3 Å². The van der Waals surface area contributed by atoms with Crippen molar-refractivity contribution in [3.8, 4) is 0 Å². The van der Waals surface area contributed by atoms with Crippen molar-refractivity contribution in [1.82, 2.24) is 9.88 Å². The van der Waals surface area contributed by atoms with Gasteiger partial charge in [0.05, 0.1) is 5.56 Å². The zero-order valence-electron chi connectivity index (χ0n) is 13.6. The van der Waals surface area contributed by atoms with E-state index in [1.54, 1.807) is 18.2 Å². The second kappa shape index (κ2) is 7.68. The molecule has 1 aromatic heterocycles. The van der Waals surface area contributed by atoms with Crippen molar-refractivity contribution in [1.29, 1.82) is 0 Å². The fraction of sp³-hybridized carbons (Fsp3) is 0.278. The highest BCUT2D eigenvalue weighted by molar-refractivity contribution is 5.93. The molecule has 0 spiro atoms. The predicted octanol–water partition coefficient (Wildman–Crippen LogP) is 3.22. The van der Waals surface area contributed by atoms with Crippen LogP contribution in [-0.2, 0) is 6.54 Å². The van der Waals surface area contributed by atoms with E-state index in [4.69, 9.17) is 5.11 Å². The van der Waals surface area contributed by atoms with Crippen LogP contribution in [-0.4, -0.2) is 33.4 Å². The zero-order chi connectivity index (χ0) is 17.7. The third-order valence-electron chi connectivity index (χ3n) is 3.42. The van der Waals surface area contributed by atoms with E-state index in [0.29, 0.717) is 12.1 Å². The highest BCUT2D eigenvalue weighted by atomic mass is 19.1. The first-order chi connectivity index (χ1) is 11.4. The number of carboxylic acids is 1. The number of carboxylic acid groups (broad SMARTS) is 1. The number of halogens is 1. The average molecular weight is 330 g/mol. The number of aromatic carboxylic acids is 1. The Hall–Kier alpha value is -2.76. The van der Waals surface area contributed by atoms with Crippen molar-refractivity contribution in [2.75, 3.05) is 6.54 Å². The van der Waals surface area contributed by atoms with Crippen molar-refractivity contribution in [2.45, 2.75) is 20.4 Å². The van der Waals surface area contributed by atoms with Crippen LogP contribution >= 0.6 is 0 Å². The number of carbonyl (C=O) groups is 2. The van der Waals surface area contributed by atoms with Crippen LogP contribution in [0.3, 0.4) is 0 Å². The van der Waals surface area contributed by atoms with Crippen LogP contribution in [0.4, 0.5) is 4.39 Å². The molecule has 0 atom stereocenters. The molecule has 0 bridgehead atoms. The summed E-state index contributed by atoms with van der Waals surface area (Å²) in [6.07, 6.45) is 1.15. The summed E-state index contributed by atoms with van der Waals surface area (Å²) in [5, 5.41) is 8.89. The van der Waals surface area contributed by atoms with Gasteiger partial charge in [-0.05, 0) is 24.1 Å². The minimum Gasteiger partial charge on any atom is -0.478 e. The summed E-state index contributed by atoms with van der Waals surface area (Å²) >= 11 is 0. The van der Waals surface area contributed by atoms with Crippen molar-refractivity contribution in [3.63, 3.8) is 0 Å². The number of hydrogen-bond donors (Lipinski definition) is 1. The van der Waals surface area contributed by atoms with E-state index < -0.39 is 5.97 Å². The van der Waals surface area contributed by atoms with Gasteiger partial charge >= 0.3 is 5.97 Å². The van der Waals surface area contributed by atoms with Gasteiger partial charge in [0.1, 0.15) is 11.5 Å². The fourth-order valence-corrected chi connectivity index (χ4v) is 2.30. The van der Waals surface area contributed by atoms with Crippen LogP contribution in [0.15, 0.2) is 42.6 Å². The molecular weight excluding hydrogens is 311 g/mol. The summed E-state index contributed by atoms with van der Waals surface area (Å²) in [6.45, 7) is 4.49. The van der Waals surface area contributed by atoms with E-state index in [9.17, 15) is 14.0 Å². The third-order valence-corrected chi connectivity index (χ3v) is 3.42. The molecule has 0 fully saturated rings. The van der Waals surface area contributed by atoms with Gasteiger partial charge < -0.3 is 10.0 Å². The Morgan fingerprint density at radius 3 is 2.46 bits per heavy atom. The van der Waals surface area contributed by atoms with Gasteiger partial charge in [-0.3, -0.25) is 9.78 Å². The molecule has 24 heavy (non-hydrogen) atoms. The number of benzene rings is 1. The molecule has 0 radical (unpaired) electrons. The summed E-state index contributed by atoms with van der Waals surface area (Å²) < 4.78 is 13.9. The van der Waals surface area contributed by atoms with Crippen molar-refractivity contribution in [2.24, 2.45) is 5.92 Å². The fourth-order valence-electron chi connectivity index (χ4n) is 2.30. The molecule has 5 nitrogen and oxygen atoms in total. The Bertz CT molecular complexity index is 729. The van der Waals surface area contributed by atoms with Crippen LogP contribution in [0.25, 0.3) is 0 Å². The maximum atomic E-state index is 13.9. The SMILES string of the molecule is CC(C)CN(Cc1ccccc1F)C(=O)c1ccc(C(=O)O)cn1. The first kappa shape index (κ1) is 17.6. The number of carbonyl (C=O) groups excluding carboxylic acids is 1. The molecule has 126 valence electrons. The molecule has 0 aliphatic rings. The van der Waals surface area contributed by atoms with E-state index in [-0.39, 0.29) is 35.4 Å². The summed E-state index contributed by atoms with van der Waals surface area (Å²) in [6, 6.07) is 9.01. The number of amides is 1. The number of nitrogens with zero attached hydrogens (tertiary/aromatic N) is 2. The monoisotopic (exact) mass is 330 g/mol. The Morgan fingerprint density at radius 2 is 1.92 bits per heavy atom. The smallest absolute Gasteiger partial charge is 0.337 e. The van der Waals surface area contributed by atoms with Gasteiger partial charge in [-0.1, -0.05) is 32.0 Å². The highest BCUT2D eigenvalue weighted by Crippen LogP contribution is 2.14. The van der Waals surface area contributed by atoms with Crippen LogP contribution in [0, 0.1) is 11.7 Å². The topological polar surface area (TPSA) is 70.5 Å². The average Bonchev–Trinajstić information content (AvgIpc) is 2.55. The van der Waals surface area contributed by atoms with E-state index >= 15 is 0 Å². The second-order valence-corrected chi connectivity index (χ2v) is 5.91. The van der Waals surface area contributed by atoms with E-state index in [1.807, 2.05) is 13.8 Å². The highest BCUT2D eigenvalue weighted by Gasteiger charge is 2.20. The summed E-state index contributed by atoms with van der Waals surface area (Å²) in [5.41, 5.74) is 0.571.